The van der Waals surface area contributed by atoms with Crippen LogP contribution in [0.5, 0.6) is 0 Å². The van der Waals surface area contributed by atoms with Gasteiger partial charge in [-0.2, -0.15) is 0 Å². The van der Waals surface area contributed by atoms with Crippen LogP contribution in [0.1, 0.15) is 52.4 Å². The summed E-state index contributed by atoms with van der Waals surface area (Å²) in [5.74, 6) is 0.875. The minimum Gasteiger partial charge on any atom is -0.365 e. The molecule has 0 aromatic carbocycles. The Morgan fingerprint density at radius 2 is 2.15 bits per heavy atom. The molecular formula is C15H29ClN2O2. The first-order chi connectivity index (χ1) is 9.10. The molecule has 1 aliphatic heterocycles. The van der Waals surface area contributed by atoms with E-state index in [1.165, 1.54) is 12.8 Å². The molecule has 0 aromatic heterocycles. The van der Waals surface area contributed by atoms with Crippen molar-refractivity contribution in [1.82, 2.24) is 4.90 Å². The maximum atomic E-state index is 12.4. The second-order valence-corrected chi connectivity index (χ2v) is 6.26. The first-order valence-corrected chi connectivity index (χ1v) is 7.80. The smallest absolute Gasteiger partial charge is 0.251 e. The van der Waals surface area contributed by atoms with Gasteiger partial charge in [0, 0.05) is 19.1 Å². The van der Waals surface area contributed by atoms with E-state index < -0.39 is 0 Å². The summed E-state index contributed by atoms with van der Waals surface area (Å²) in [5, 5.41) is 0. The number of nitrogens with two attached hydrogens (primary N) is 1. The molecule has 2 aliphatic rings. The zero-order valence-corrected chi connectivity index (χ0v) is 13.5. The Balaban J connectivity index is 0.00000200. The third-order valence-electron chi connectivity index (χ3n) is 4.43. The quantitative estimate of drug-likeness (QED) is 0.867. The number of carbonyl (C=O) groups is 1. The van der Waals surface area contributed by atoms with E-state index in [2.05, 4.69) is 6.92 Å². The Kier molecular flexibility index (Phi) is 7.27. The number of rotatable bonds is 4. The summed E-state index contributed by atoms with van der Waals surface area (Å²) >= 11 is 0. The van der Waals surface area contributed by atoms with E-state index in [1.54, 1.807) is 0 Å². The van der Waals surface area contributed by atoms with Crippen LogP contribution >= 0.6 is 12.4 Å². The number of amides is 1. The maximum Gasteiger partial charge on any atom is 0.251 e. The Morgan fingerprint density at radius 1 is 1.40 bits per heavy atom. The molecule has 2 N–H and O–H groups in total. The number of hydrogen-bond acceptors (Lipinski definition) is 3. The van der Waals surface area contributed by atoms with Gasteiger partial charge in [0.15, 0.2) is 0 Å². The van der Waals surface area contributed by atoms with E-state index in [0.29, 0.717) is 6.54 Å². The summed E-state index contributed by atoms with van der Waals surface area (Å²) in [7, 11) is 0. The Labute approximate surface area is 128 Å². The van der Waals surface area contributed by atoms with E-state index in [0.717, 1.165) is 38.1 Å². The largest absolute Gasteiger partial charge is 0.365 e. The standard InChI is InChI=1S/C15H28N2O2.ClH/c1-3-14(15(18)17-8-7-12(16)10-17)19-13-6-4-5-11(2)9-13;/h11-14H,3-10,16H2,1-2H3;1H/t11?,12-,13?,14?;/m1./s1. The minimum absolute atomic E-state index is 0. The second kappa shape index (κ2) is 8.20. The number of carbonyl (C=O) groups excluding carboxylic acids is 1. The zero-order valence-electron chi connectivity index (χ0n) is 12.7. The van der Waals surface area contributed by atoms with Crippen molar-refractivity contribution in [2.24, 2.45) is 11.7 Å². The number of nitrogens with zero attached hydrogens (tertiary/aromatic N) is 1. The van der Waals surface area contributed by atoms with E-state index in [-0.39, 0.29) is 36.6 Å². The van der Waals surface area contributed by atoms with E-state index in [1.807, 2.05) is 11.8 Å². The van der Waals surface area contributed by atoms with Crippen molar-refractivity contribution < 1.29 is 9.53 Å². The van der Waals surface area contributed by atoms with E-state index in [9.17, 15) is 4.79 Å². The van der Waals surface area contributed by atoms with Crippen molar-refractivity contribution in [3.63, 3.8) is 0 Å². The van der Waals surface area contributed by atoms with Gasteiger partial charge in [-0.1, -0.05) is 26.7 Å². The summed E-state index contributed by atoms with van der Waals surface area (Å²) in [6.45, 7) is 5.79. The molecule has 3 unspecified atom stereocenters. The Bertz CT molecular complexity index is 314. The van der Waals surface area contributed by atoms with E-state index >= 15 is 0 Å². The fraction of sp³-hybridized carbons (Fsp3) is 0.933. The van der Waals surface area contributed by atoms with Crippen molar-refractivity contribution in [2.75, 3.05) is 13.1 Å². The molecule has 118 valence electrons. The van der Waals surface area contributed by atoms with Crippen LogP contribution < -0.4 is 5.73 Å². The third kappa shape index (κ3) is 4.61. The molecule has 0 bridgehead atoms. The van der Waals surface area contributed by atoms with Gasteiger partial charge in [-0.25, -0.2) is 0 Å². The predicted octanol–water partition coefficient (Wildman–Crippen LogP) is 2.34. The predicted molar refractivity (Wildman–Crippen MR) is 83.0 cm³/mol. The van der Waals surface area contributed by atoms with Gasteiger partial charge in [0.1, 0.15) is 6.10 Å². The fourth-order valence-electron chi connectivity index (χ4n) is 3.25. The van der Waals surface area contributed by atoms with Crippen LogP contribution in [0, 0.1) is 5.92 Å². The SMILES string of the molecule is CCC(OC1CCCC(C)C1)C(=O)N1CC[C@@H](N)C1.Cl. The van der Waals surface area contributed by atoms with Gasteiger partial charge in [-0.3, -0.25) is 4.79 Å². The highest BCUT2D eigenvalue weighted by atomic mass is 35.5. The van der Waals surface area contributed by atoms with Crippen molar-refractivity contribution in [3.8, 4) is 0 Å². The topological polar surface area (TPSA) is 55.6 Å². The van der Waals surface area contributed by atoms with Gasteiger partial charge in [-0.15, -0.1) is 12.4 Å². The first kappa shape index (κ1) is 17.7. The van der Waals surface area contributed by atoms with Gasteiger partial charge >= 0.3 is 0 Å². The molecule has 1 heterocycles. The number of halogens is 1. The molecule has 0 aromatic rings. The van der Waals surface area contributed by atoms with Crippen LogP contribution in [0.3, 0.4) is 0 Å². The van der Waals surface area contributed by atoms with Crippen molar-refractivity contribution in [1.29, 1.82) is 0 Å². The van der Waals surface area contributed by atoms with Crippen molar-refractivity contribution >= 4 is 18.3 Å². The molecule has 1 saturated carbocycles. The lowest BCUT2D eigenvalue weighted by Crippen LogP contribution is -2.42. The van der Waals surface area contributed by atoms with Crippen LogP contribution in [0.15, 0.2) is 0 Å². The summed E-state index contributed by atoms with van der Waals surface area (Å²) in [4.78, 5) is 14.3. The van der Waals surface area contributed by atoms with Gasteiger partial charge in [0.05, 0.1) is 6.10 Å². The molecule has 1 saturated heterocycles. The molecule has 0 spiro atoms. The van der Waals surface area contributed by atoms with Crippen LogP contribution in [0.25, 0.3) is 0 Å². The summed E-state index contributed by atoms with van der Waals surface area (Å²) in [6, 6.07) is 0.149. The van der Waals surface area contributed by atoms with E-state index in [4.69, 9.17) is 10.5 Å². The lowest BCUT2D eigenvalue weighted by Gasteiger charge is -2.31. The Morgan fingerprint density at radius 3 is 2.70 bits per heavy atom. The van der Waals surface area contributed by atoms with Crippen LogP contribution in [-0.2, 0) is 9.53 Å². The lowest BCUT2D eigenvalue weighted by molar-refractivity contribution is -0.148. The summed E-state index contributed by atoms with van der Waals surface area (Å²) in [5.41, 5.74) is 5.87. The molecule has 1 amide bonds. The average Bonchev–Trinajstić information content (AvgIpc) is 2.82. The zero-order chi connectivity index (χ0) is 13.8. The second-order valence-electron chi connectivity index (χ2n) is 6.26. The highest BCUT2D eigenvalue weighted by Gasteiger charge is 2.31. The highest BCUT2D eigenvalue weighted by Crippen LogP contribution is 2.27. The van der Waals surface area contributed by atoms with Gasteiger partial charge < -0.3 is 15.4 Å². The first-order valence-electron chi connectivity index (χ1n) is 7.80. The number of ether oxygens (including phenoxy) is 1. The molecule has 4 atom stereocenters. The fourth-order valence-corrected chi connectivity index (χ4v) is 3.25. The normalized spacial score (nSPS) is 31.8. The van der Waals surface area contributed by atoms with Gasteiger partial charge in [0.2, 0.25) is 0 Å². The monoisotopic (exact) mass is 304 g/mol. The maximum absolute atomic E-state index is 12.4. The molecule has 1 aliphatic carbocycles. The Hall–Kier alpha value is -0.320. The third-order valence-corrected chi connectivity index (χ3v) is 4.43. The van der Waals surface area contributed by atoms with Gasteiger partial charge in [0.25, 0.3) is 5.91 Å². The highest BCUT2D eigenvalue weighted by molar-refractivity contribution is 5.85. The number of hydrogen-bond donors (Lipinski definition) is 1. The van der Waals surface area contributed by atoms with Crippen LogP contribution in [0.2, 0.25) is 0 Å². The molecule has 0 radical (unpaired) electrons. The van der Waals surface area contributed by atoms with Crippen LogP contribution in [0.4, 0.5) is 0 Å². The molecule has 5 heteroatoms. The minimum atomic E-state index is -0.263. The number of likely N-dealkylation sites (tertiary alicyclic amines) is 1. The molecule has 20 heavy (non-hydrogen) atoms. The van der Waals surface area contributed by atoms with Crippen molar-refractivity contribution in [3.05, 3.63) is 0 Å². The summed E-state index contributed by atoms with van der Waals surface area (Å²) in [6.07, 6.45) is 6.42. The molecule has 4 nitrogen and oxygen atoms in total. The van der Waals surface area contributed by atoms with Crippen molar-refractivity contribution in [2.45, 2.75) is 70.6 Å². The molecular weight excluding hydrogens is 276 g/mol. The average molecular weight is 305 g/mol. The summed E-state index contributed by atoms with van der Waals surface area (Å²) < 4.78 is 6.09. The lowest BCUT2D eigenvalue weighted by atomic mass is 9.88. The molecule has 2 fully saturated rings. The van der Waals surface area contributed by atoms with Gasteiger partial charge in [-0.05, 0) is 31.6 Å². The molecule has 2 rings (SSSR count). The van der Waals surface area contributed by atoms with Crippen LogP contribution in [-0.4, -0.2) is 42.1 Å².